The summed E-state index contributed by atoms with van der Waals surface area (Å²) in [4.78, 5) is 0. The topological polar surface area (TPSA) is 34.1 Å². The molecule has 0 amide bonds. The fourth-order valence-electron chi connectivity index (χ4n) is 3.24. The Morgan fingerprint density at radius 3 is 2.41 bits per heavy atom. The van der Waals surface area contributed by atoms with E-state index < -0.39 is 9.84 Å². The number of rotatable bonds is 4. The number of hydrogen-bond donors (Lipinski definition) is 0. The van der Waals surface area contributed by atoms with Crippen LogP contribution < -0.4 is 0 Å². The van der Waals surface area contributed by atoms with Crippen molar-refractivity contribution in [3.63, 3.8) is 0 Å². The molecule has 0 N–H and O–H groups in total. The van der Waals surface area contributed by atoms with Gasteiger partial charge in [-0.25, -0.2) is 8.42 Å². The average Bonchev–Trinajstić information content (AvgIpc) is 2.24. The van der Waals surface area contributed by atoms with Crippen LogP contribution in [0.2, 0.25) is 0 Å². The van der Waals surface area contributed by atoms with Gasteiger partial charge in [-0.3, -0.25) is 0 Å². The van der Waals surface area contributed by atoms with Crippen molar-refractivity contribution in [1.29, 1.82) is 0 Å². The molecular formula is C13H23BrO2S. The highest BCUT2D eigenvalue weighted by Gasteiger charge is 2.42. The molecule has 0 bridgehead atoms. The summed E-state index contributed by atoms with van der Waals surface area (Å²) in [5.41, 5.74) is 0.0690. The van der Waals surface area contributed by atoms with Crippen LogP contribution in [-0.4, -0.2) is 24.8 Å². The van der Waals surface area contributed by atoms with Gasteiger partial charge in [0.2, 0.25) is 0 Å². The molecule has 2 saturated carbocycles. The molecule has 0 aromatic rings. The first-order valence-electron chi connectivity index (χ1n) is 6.75. The lowest BCUT2D eigenvalue weighted by Gasteiger charge is -2.41. The molecule has 2 rings (SSSR count). The van der Waals surface area contributed by atoms with Crippen LogP contribution in [0.1, 0.15) is 51.9 Å². The van der Waals surface area contributed by atoms with Gasteiger partial charge in [-0.1, -0.05) is 42.1 Å². The fraction of sp³-hybridized carbons (Fsp3) is 1.00. The summed E-state index contributed by atoms with van der Waals surface area (Å²) < 4.78 is 25.0. The van der Waals surface area contributed by atoms with Gasteiger partial charge >= 0.3 is 0 Å². The van der Waals surface area contributed by atoms with Crippen molar-refractivity contribution < 1.29 is 8.42 Å². The summed E-state index contributed by atoms with van der Waals surface area (Å²) in [5.74, 6) is 1.01. The summed E-state index contributed by atoms with van der Waals surface area (Å²) in [5, 5.41) is 0.796. The number of hydrogen-bond acceptors (Lipinski definition) is 2. The van der Waals surface area contributed by atoms with E-state index in [4.69, 9.17) is 0 Å². The Morgan fingerprint density at radius 2 is 1.94 bits per heavy atom. The van der Waals surface area contributed by atoms with Crippen molar-refractivity contribution in [1.82, 2.24) is 0 Å². The third kappa shape index (κ3) is 3.06. The van der Waals surface area contributed by atoms with Crippen LogP contribution in [0.25, 0.3) is 0 Å². The van der Waals surface area contributed by atoms with Gasteiger partial charge in [-0.15, -0.1) is 0 Å². The van der Waals surface area contributed by atoms with E-state index in [0.29, 0.717) is 11.7 Å². The van der Waals surface area contributed by atoms with Crippen LogP contribution in [0.15, 0.2) is 0 Å². The van der Waals surface area contributed by atoms with E-state index in [0.717, 1.165) is 37.4 Å². The molecule has 100 valence electrons. The molecule has 2 aliphatic carbocycles. The second kappa shape index (κ2) is 5.20. The van der Waals surface area contributed by atoms with Crippen molar-refractivity contribution in [2.45, 2.75) is 57.1 Å². The fourth-order valence-corrected chi connectivity index (χ4v) is 6.89. The Hall–Kier alpha value is 0.430. The first kappa shape index (κ1) is 13.9. The molecule has 0 aliphatic heterocycles. The second-order valence-corrected chi connectivity index (χ2v) is 9.03. The Kier molecular flexibility index (Phi) is 4.24. The Balaban J connectivity index is 2.02. The van der Waals surface area contributed by atoms with Crippen LogP contribution in [0.5, 0.6) is 0 Å². The van der Waals surface area contributed by atoms with Gasteiger partial charge in [0, 0.05) is 5.33 Å². The Bertz CT molecular complexity index is 354. The lowest BCUT2D eigenvalue weighted by Crippen LogP contribution is -2.42. The maximum absolute atomic E-state index is 12.5. The number of sulfone groups is 1. The van der Waals surface area contributed by atoms with Crippen molar-refractivity contribution in [2.24, 2.45) is 11.3 Å². The van der Waals surface area contributed by atoms with Gasteiger partial charge < -0.3 is 0 Å². The van der Waals surface area contributed by atoms with E-state index in [-0.39, 0.29) is 10.7 Å². The molecule has 0 aromatic heterocycles. The van der Waals surface area contributed by atoms with E-state index in [1.807, 2.05) is 0 Å². The average molecular weight is 323 g/mol. The first-order valence-corrected chi connectivity index (χ1v) is 9.59. The van der Waals surface area contributed by atoms with Crippen LogP contribution in [0.3, 0.4) is 0 Å². The second-order valence-electron chi connectivity index (χ2n) is 6.19. The molecular weight excluding hydrogens is 300 g/mol. The smallest absolute Gasteiger partial charge is 0.153 e. The Morgan fingerprint density at radius 1 is 1.24 bits per heavy atom. The zero-order valence-electron chi connectivity index (χ0n) is 10.6. The van der Waals surface area contributed by atoms with E-state index in [1.165, 1.54) is 12.8 Å². The monoisotopic (exact) mass is 322 g/mol. The molecule has 17 heavy (non-hydrogen) atoms. The number of halogens is 1. The summed E-state index contributed by atoms with van der Waals surface area (Å²) in [6.07, 6.45) is 7.44. The molecule has 2 atom stereocenters. The minimum Gasteiger partial charge on any atom is -0.229 e. The van der Waals surface area contributed by atoms with E-state index in [1.54, 1.807) is 0 Å². The minimum atomic E-state index is -2.88. The standard InChI is InChI=1S/C13H23BrO2S/c1-11-4-2-5-12(8-11)17(15,16)10-13(9-14)6-3-7-13/h11-12H,2-10H2,1H3. The van der Waals surface area contributed by atoms with Gasteiger partial charge in [0.15, 0.2) is 9.84 Å². The highest BCUT2D eigenvalue weighted by Crippen LogP contribution is 2.45. The van der Waals surface area contributed by atoms with Gasteiger partial charge in [-0.2, -0.15) is 0 Å². The Labute approximate surface area is 114 Å². The predicted octanol–water partition coefficient (Wildman–Crippen LogP) is 3.55. The molecule has 2 unspecified atom stereocenters. The molecule has 0 saturated heterocycles. The normalized spacial score (nSPS) is 33.1. The maximum atomic E-state index is 12.5. The predicted molar refractivity (Wildman–Crippen MR) is 75.3 cm³/mol. The zero-order valence-corrected chi connectivity index (χ0v) is 13.0. The lowest BCUT2D eigenvalue weighted by molar-refractivity contribution is 0.202. The molecule has 0 spiro atoms. The highest BCUT2D eigenvalue weighted by molar-refractivity contribution is 9.09. The molecule has 0 radical (unpaired) electrons. The van der Waals surface area contributed by atoms with Crippen molar-refractivity contribution >= 4 is 25.8 Å². The van der Waals surface area contributed by atoms with E-state index in [2.05, 4.69) is 22.9 Å². The number of alkyl halides is 1. The highest BCUT2D eigenvalue weighted by atomic mass is 79.9. The molecule has 2 nitrogen and oxygen atoms in total. The molecule has 4 heteroatoms. The summed E-state index contributed by atoms with van der Waals surface area (Å²) in [7, 11) is -2.88. The third-order valence-corrected chi connectivity index (χ3v) is 8.25. The summed E-state index contributed by atoms with van der Waals surface area (Å²) in [6.45, 7) is 2.19. The van der Waals surface area contributed by atoms with Crippen molar-refractivity contribution in [2.75, 3.05) is 11.1 Å². The largest absolute Gasteiger partial charge is 0.229 e. The van der Waals surface area contributed by atoms with Crippen LogP contribution >= 0.6 is 15.9 Å². The maximum Gasteiger partial charge on any atom is 0.153 e. The third-order valence-electron chi connectivity index (χ3n) is 4.60. The van der Waals surface area contributed by atoms with Crippen LogP contribution in [-0.2, 0) is 9.84 Å². The first-order chi connectivity index (χ1) is 7.97. The summed E-state index contributed by atoms with van der Waals surface area (Å²) >= 11 is 3.51. The quantitative estimate of drug-likeness (QED) is 0.742. The summed E-state index contributed by atoms with van der Waals surface area (Å²) in [6, 6.07) is 0. The molecule has 0 heterocycles. The van der Waals surface area contributed by atoms with Gasteiger partial charge in [0.05, 0.1) is 11.0 Å². The minimum absolute atomic E-state index is 0.0530. The van der Waals surface area contributed by atoms with Crippen molar-refractivity contribution in [3.05, 3.63) is 0 Å². The van der Waals surface area contributed by atoms with Crippen molar-refractivity contribution in [3.8, 4) is 0 Å². The van der Waals surface area contributed by atoms with Crippen LogP contribution in [0, 0.1) is 11.3 Å². The zero-order chi connectivity index (χ0) is 12.5. The van der Waals surface area contributed by atoms with Gasteiger partial charge in [0.25, 0.3) is 0 Å². The van der Waals surface area contributed by atoms with Gasteiger partial charge in [-0.05, 0) is 37.0 Å². The van der Waals surface area contributed by atoms with E-state index in [9.17, 15) is 8.42 Å². The molecule has 2 fully saturated rings. The van der Waals surface area contributed by atoms with E-state index >= 15 is 0 Å². The lowest BCUT2D eigenvalue weighted by atomic mass is 9.72. The SMILES string of the molecule is CC1CCCC(S(=O)(=O)CC2(CBr)CCC2)C1. The van der Waals surface area contributed by atoms with Crippen LogP contribution in [0.4, 0.5) is 0 Å². The molecule has 2 aliphatic rings. The molecule has 0 aromatic carbocycles. The van der Waals surface area contributed by atoms with Gasteiger partial charge in [0.1, 0.15) is 0 Å².